The Bertz CT molecular complexity index is 172. The van der Waals surface area contributed by atoms with E-state index in [1.165, 1.54) is 25.8 Å². The van der Waals surface area contributed by atoms with Gasteiger partial charge in [-0.25, -0.2) is 0 Å². The maximum Gasteiger partial charge on any atom is 0.0168 e. The molecule has 14 heavy (non-hydrogen) atoms. The second-order valence-corrected chi connectivity index (χ2v) is 5.69. The van der Waals surface area contributed by atoms with E-state index in [0.717, 1.165) is 12.5 Å². The monoisotopic (exact) mass is 198 g/mol. The predicted octanol–water partition coefficient (Wildman–Crippen LogP) is 2.23. The fourth-order valence-corrected chi connectivity index (χ4v) is 2.18. The molecule has 1 heterocycles. The molecule has 0 aliphatic carbocycles. The van der Waals surface area contributed by atoms with Crippen molar-refractivity contribution in [1.29, 1.82) is 0 Å². The first-order valence-electron chi connectivity index (χ1n) is 5.94. The van der Waals surface area contributed by atoms with E-state index in [0.29, 0.717) is 6.04 Å². The zero-order chi connectivity index (χ0) is 10.8. The minimum Gasteiger partial charge on any atom is -0.327 e. The average Bonchev–Trinajstić information content (AvgIpc) is 2.26. The van der Waals surface area contributed by atoms with E-state index >= 15 is 0 Å². The summed E-state index contributed by atoms with van der Waals surface area (Å²) in [6, 6.07) is 0.380. The number of likely N-dealkylation sites (tertiary alicyclic amines) is 1. The highest BCUT2D eigenvalue weighted by Gasteiger charge is 2.28. The van der Waals surface area contributed by atoms with Crippen LogP contribution in [0.1, 0.15) is 47.0 Å². The van der Waals surface area contributed by atoms with Gasteiger partial charge in [0.05, 0.1) is 0 Å². The van der Waals surface area contributed by atoms with Crippen molar-refractivity contribution >= 4 is 0 Å². The van der Waals surface area contributed by atoms with Gasteiger partial charge in [0.1, 0.15) is 0 Å². The molecule has 84 valence electrons. The molecule has 1 rings (SSSR count). The molecule has 0 saturated carbocycles. The standard InChI is InChI=1S/C12H26N2/c1-5-10-6-7-11(13)9-14(8-10)12(2,3)4/h10-11H,5-9,13H2,1-4H3/t10-,11+/m0/s1. The number of nitrogens with two attached hydrogens (primary N) is 1. The maximum absolute atomic E-state index is 6.10. The van der Waals surface area contributed by atoms with E-state index in [2.05, 4.69) is 32.6 Å². The van der Waals surface area contributed by atoms with Gasteiger partial charge in [0, 0.05) is 24.7 Å². The Hall–Kier alpha value is -0.0800. The molecule has 0 aromatic carbocycles. The molecule has 1 aliphatic rings. The van der Waals surface area contributed by atoms with Gasteiger partial charge < -0.3 is 5.73 Å². The largest absolute Gasteiger partial charge is 0.327 e. The Balaban J connectivity index is 2.64. The summed E-state index contributed by atoms with van der Waals surface area (Å²) in [6.07, 6.45) is 3.80. The Morgan fingerprint density at radius 2 is 1.86 bits per heavy atom. The lowest BCUT2D eigenvalue weighted by Gasteiger charge is -2.37. The lowest BCUT2D eigenvalue weighted by molar-refractivity contribution is 0.118. The maximum atomic E-state index is 6.10. The molecule has 1 aliphatic heterocycles. The summed E-state index contributed by atoms with van der Waals surface area (Å²) in [7, 11) is 0. The van der Waals surface area contributed by atoms with Crippen LogP contribution < -0.4 is 5.73 Å². The first-order valence-corrected chi connectivity index (χ1v) is 5.94. The summed E-state index contributed by atoms with van der Waals surface area (Å²) in [5.74, 6) is 0.850. The number of hydrogen-bond acceptors (Lipinski definition) is 2. The topological polar surface area (TPSA) is 29.3 Å². The van der Waals surface area contributed by atoms with Gasteiger partial charge >= 0.3 is 0 Å². The second-order valence-electron chi connectivity index (χ2n) is 5.69. The SMILES string of the molecule is CC[C@H]1CC[C@@H](N)CN(C(C)(C)C)C1. The van der Waals surface area contributed by atoms with Crippen molar-refractivity contribution in [3.05, 3.63) is 0 Å². The highest BCUT2D eigenvalue weighted by molar-refractivity contribution is 4.85. The zero-order valence-corrected chi connectivity index (χ0v) is 10.2. The Labute approximate surface area is 88.8 Å². The highest BCUT2D eigenvalue weighted by Crippen LogP contribution is 2.24. The van der Waals surface area contributed by atoms with Gasteiger partial charge in [-0.1, -0.05) is 13.3 Å². The Morgan fingerprint density at radius 1 is 1.21 bits per heavy atom. The third kappa shape index (κ3) is 3.25. The van der Waals surface area contributed by atoms with E-state index in [9.17, 15) is 0 Å². The van der Waals surface area contributed by atoms with Crippen molar-refractivity contribution in [1.82, 2.24) is 4.90 Å². The van der Waals surface area contributed by atoms with Gasteiger partial charge in [0.25, 0.3) is 0 Å². The molecule has 0 bridgehead atoms. The fraction of sp³-hybridized carbons (Fsp3) is 1.00. The molecule has 2 heteroatoms. The minimum atomic E-state index is 0.273. The molecule has 0 unspecified atom stereocenters. The zero-order valence-electron chi connectivity index (χ0n) is 10.2. The molecule has 0 radical (unpaired) electrons. The van der Waals surface area contributed by atoms with Crippen LogP contribution in [0.2, 0.25) is 0 Å². The molecule has 2 nitrogen and oxygen atoms in total. The Kier molecular flexibility index (Phi) is 3.96. The fourth-order valence-electron chi connectivity index (χ4n) is 2.18. The lowest BCUT2D eigenvalue weighted by atomic mass is 9.98. The van der Waals surface area contributed by atoms with Crippen molar-refractivity contribution < 1.29 is 0 Å². The van der Waals surface area contributed by atoms with Crippen LogP contribution in [0.3, 0.4) is 0 Å². The summed E-state index contributed by atoms with van der Waals surface area (Å²) in [4.78, 5) is 2.55. The number of rotatable bonds is 1. The van der Waals surface area contributed by atoms with E-state index in [1.54, 1.807) is 0 Å². The van der Waals surface area contributed by atoms with Crippen LogP contribution in [0.25, 0.3) is 0 Å². The van der Waals surface area contributed by atoms with Crippen molar-refractivity contribution in [2.75, 3.05) is 13.1 Å². The molecule has 0 aromatic heterocycles. The third-order valence-corrected chi connectivity index (χ3v) is 3.41. The number of hydrogen-bond donors (Lipinski definition) is 1. The van der Waals surface area contributed by atoms with Crippen LogP contribution in [0.4, 0.5) is 0 Å². The summed E-state index contributed by atoms with van der Waals surface area (Å²) in [5.41, 5.74) is 6.37. The van der Waals surface area contributed by atoms with E-state index in [1.807, 2.05) is 0 Å². The first kappa shape index (κ1) is 12.0. The average molecular weight is 198 g/mol. The van der Waals surface area contributed by atoms with Crippen LogP contribution in [0, 0.1) is 5.92 Å². The molecular weight excluding hydrogens is 172 g/mol. The highest BCUT2D eigenvalue weighted by atomic mass is 15.2. The molecule has 0 aromatic rings. The molecule has 1 fully saturated rings. The van der Waals surface area contributed by atoms with Gasteiger partial charge in [-0.05, 0) is 39.5 Å². The molecule has 2 atom stereocenters. The van der Waals surface area contributed by atoms with Gasteiger partial charge in [-0.3, -0.25) is 4.90 Å². The summed E-state index contributed by atoms with van der Waals surface area (Å²) >= 11 is 0. The summed E-state index contributed by atoms with van der Waals surface area (Å²) in [5, 5.41) is 0. The van der Waals surface area contributed by atoms with Crippen molar-refractivity contribution in [2.24, 2.45) is 11.7 Å². The lowest BCUT2D eigenvalue weighted by Crippen LogP contribution is -2.47. The van der Waals surface area contributed by atoms with Crippen LogP contribution in [-0.2, 0) is 0 Å². The van der Waals surface area contributed by atoms with Crippen LogP contribution in [0.15, 0.2) is 0 Å². The minimum absolute atomic E-state index is 0.273. The first-order chi connectivity index (χ1) is 6.43. The van der Waals surface area contributed by atoms with Gasteiger partial charge in [-0.2, -0.15) is 0 Å². The summed E-state index contributed by atoms with van der Waals surface area (Å²) in [6.45, 7) is 11.5. The van der Waals surface area contributed by atoms with Crippen molar-refractivity contribution in [2.45, 2.75) is 58.5 Å². The summed E-state index contributed by atoms with van der Waals surface area (Å²) < 4.78 is 0. The van der Waals surface area contributed by atoms with Gasteiger partial charge in [-0.15, -0.1) is 0 Å². The number of nitrogens with zero attached hydrogens (tertiary/aromatic N) is 1. The van der Waals surface area contributed by atoms with Gasteiger partial charge in [0.15, 0.2) is 0 Å². The second kappa shape index (κ2) is 4.63. The molecule has 2 N–H and O–H groups in total. The Morgan fingerprint density at radius 3 is 2.36 bits per heavy atom. The normalized spacial score (nSPS) is 31.5. The quantitative estimate of drug-likeness (QED) is 0.700. The van der Waals surface area contributed by atoms with Crippen LogP contribution in [-0.4, -0.2) is 29.6 Å². The van der Waals surface area contributed by atoms with Crippen LogP contribution in [0.5, 0.6) is 0 Å². The van der Waals surface area contributed by atoms with Gasteiger partial charge in [0.2, 0.25) is 0 Å². The van der Waals surface area contributed by atoms with E-state index in [4.69, 9.17) is 5.73 Å². The van der Waals surface area contributed by atoms with Crippen LogP contribution >= 0.6 is 0 Å². The molecule has 0 spiro atoms. The molecular formula is C12H26N2. The van der Waals surface area contributed by atoms with Crippen molar-refractivity contribution in [3.63, 3.8) is 0 Å². The predicted molar refractivity (Wildman–Crippen MR) is 62.3 cm³/mol. The molecule has 1 saturated heterocycles. The van der Waals surface area contributed by atoms with Crippen molar-refractivity contribution in [3.8, 4) is 0 Å². The third-order valence-electron chi connectivity index (χ3n) is 3.41. The van der Waals surface area contributed by atoms with E-state index < -0.39 is 0 Å². The molecule has 0 amide bonds. The smallest absolute Gasteiger partial charge is 0.0168 e. The van der Waals surface area contributed by atoms with E-state index in [-0.39, 0.29) is 5.54 Å².